The van der Waals surface area contributed by atoms with E-state index in [1.165, 1.54) is 33.6 Å². The normalized spacial score (nSPS) is 14.1. The predicted molar refractivity (Wildman–Crippen MR) is 95.6 cm³/mol. The molecule has 4 amide bonds. The first-order chi connectivity index (χ1) is 12.5. The molecule has 0 atom stereocenters. The molecule has 1 aliphatic heterocycles. The van der Waals surface area contributed by atoms with Crippen LogP contribution in [0.5, 0.6) is 0 Å². The number of carbonyl (C=O) groups is 3. The minimum atomic E-state index is -0.706. The van der Waals surface area contributed by atoms with Gasteiger partial charge < -0.3 is 0 Å². The second-order valence-electron chi connectivity index (χ2n) is 5.46. The SMILES string of the molecule is O=C1CN(NC(=O)Cn2cnc3scc(-c4cccs4)c3c2=O)C(=O)N1. The monoisotopic (exact) mass is 389 g/mol. The van der Waals surface area contributed by atoms with Crippen LogP contribution < -0.4 is 16.3 Å². The smallest absolute Gasteiger partial charge is 0.289 e. The van der Waals surface area contributed by atoms with E-state index in [4.69, 9.17) is 0 Å². The highest BCUT2D eigenvalue weighted by atomic mass is 32.1. The van der Waals surface area contributed by atoms with Gasteiger partial charge >= 0.3 is 6.03 Å². The van der Waals surface area contributed by atoms with Crippen LogP contribution in [0.1, 0.15) is 0 Å². The molecular formula is C15H11N5O4S2. The van der Waals surface area contributed by atoms with E-state index in [9.17, 15) is 19.2 Å². The molecule has 1 fully saturated rings. The van der Waals surface area contributed by atoms with E-state index in [-0.39, 0.29) is 18.6 Å². The summed E-state index contributed by atoms with van der Waals surface area (Å²) in [7, 11) is 0. The number of hydrazine groups is 1. The highest BCUT2D eigenvalue weighted by Gasteiger charge is 2.28. The van der Waals surface area contributed by atoms with Gasteiger partial charge in [-0.15, -0.1) is 22.7 Å². The molecule has 9 nitrogen and oxygen atoms in total. The fourth-order valence-corrected chi connectivity index (χ4v) is 4.29. The molecule has 1 aliphatic rings. The molecule has 0 unspecified atom stereocenters. The van der Waals surface area contributed by atoms with Gasteiger partial charge in [0, 0.05) is 15.8 Å². The van der Waals surface area contributed by atoms with E-state index in [1.807, 2.05) is 28.2 Å². The lowest BCUT2D eigenvalue weighted by Crippen LogP contribution is -2.46. The summed E-state index contributed by atoms with van der Waals surface area (Å²) in [6, 6.07) is 3.11. The minimum absolute atomic E-state index is 0.260. The molecule has 4 heterocycles. The quantitative estimate of drug-likeness (QED) is 0.640. The van der Waals surface area contributed by atoms with Crippen LogP contribution in [0.2, 0.25) is 0 Å². The van der Waals surface area contributed by atoms with Gasteiger partial charge in [0.2, 0.25) is 5.91 Å². The Morgan fingerprint density at radius 2 is 2.15 bits per heavy atom. The van der Waals surface area contributed by atoms with Crippen molar-refractivity contribution in [2.24, 2.45) is 0 Å². The number of aromatic nitrogens is 2. The van der Waals surface area contributed by atoms with E-state index in [0.717, 1.165) is 15.4 Å². The molecule has 0 bridgehead atoms. The number of hydrogen-bond donors (Lipinski definition) is 2. The summed E-state index contributed by atoms with van der Waals surface area (Å²) in [4.78, 5) is 53.3. The highest BCUT2D eigenvalue weighted by molar-refractivity contribution is 7.18. The summed E-state index contributed by atoms with van der Waals surface area (Å²) in [5.41, 5.74) is 2.75. The molecule has 132 valence electrons. The molecule has 3 aromatic rings. The molecule has 0 aromatic carbocycles. The fraction of sp³-hybridized carbons (Fsp3) is 0.133. The third kappa shape index (κ3) is 2.86. The van der Waals surface area contributed by atoms with E-state index in [1.54, 1.807) is 0 Å². The Hall–Kier alpha value is -3.05. The number of nitrogens with zero attached hydrogens (tertiary/aromatic N) is 3. The summed E-state index contributed by atoms with van der Waals surface area (Å²) in [6.07, 6.45) is 1.30. The molecule has 2 N–H and O–H groups in total. The molecule has 0 radical (unpaired) electrons. The van der Waals surface area contributed by atoms with Crippen LogP contribution in [-0.4, -0.2) is 39.0 Å². The molecule has 26 heavy (non-hydrogen) atoms. The maximum absolute atomic E-state index is 12.8. The van der Waals surface area contributed by atoms with Crippen molar-refractivity contribution in [3.8, 4) is 10.4 Å². The van der Waals surface area contributed by atoms with Crippen molar-refractivity contribution >= 4 is 50.7 Å². The lowest BCUT2D eigenvalue weighted by Gasteiger charge is -2.14. The first kappa shape index (κ1) is 16.4. The van der Waals surface area contributed by atoms with Crippen molar-refractivity contribution in [1.82, 2.24) is 25.3 Å². The van der Waals surface area contributed by atoms with E-state index in [2.05, 4.69) is 10.4 Å². The van der Waals surface area contributed by atoms with Gasteiger partial charge in [-0.05, 0) is 11.4 Å². The summed E-state index contributed by atoms with van der Waals surface area (Å²) >= 11 is 2.88. The van der Waals surface area contributed by atoms with Crippen LogP contribution in [-0.2, 0) is 16.1 Å². The van der Waals surface area contributed by atoms with Gasteiger partial charge in [0.25, 0.3) is 11.5 Å². The van der Waals surface area contributed by atoms with Gasteiger partial charge in [-0.2, -0.15) is 0 Å². The Bertz CT molecular complexity index is 1090. The van der Waals surface area contributed by atoms with E-state index >= 15 is 0 Å². The number of urea groups is 1. The second kappa shape index (κ2) is 6.35. The van der Waals surface area contributed by atoms with Crippen LogP contribution in [0.4, 0.5) is 4.79 Å². The Kier molecular flexibility index (Phi) is 4.01. The van der Waals surface area contributed by atoms with Crippen LogP contribution in [0.25, 0.3) is 20.7 Å². The van der Waals surface area contributed by atoms with Crippen molar-refractivity contribution in [2.75, 3.05) is 6.54 Å². The molecule has 0 saturated carbocycles. The molecule has 3 aromatic heterocycles. The predicted octanol–water partition coefficient (Wildman–Crippen LogP) is 0.769. The Morgan fingerprint density at radius 1 is 1.31 bits per heavy atom. The lowest BCUT2D eigenvalue weighted by atomic mass is 10.2. The van der Waals surface area contributed by atoms with Crippen LogP contribution in [0.15, 0.2) is 34.0 Å². The number of thiophene rings is 2. The van der Waals surface area contributed by atoms with Gasteiger partial charge in [0.05, 0.1) is 11.7 Å². The molecular weight excluding hydrogens is 378 g/mol. The number of hydrogen-bond acceptors (Lipinski definition) is 7. The van der Waals surface area contributed by atoms with Gasteiger partial charge in [0.15, 0.2) is 0 Å². The third-order valence-electron chi connectivity index (χ3n) is 3.71. The van der Waals surface area contributed by atoms with Crippen molar-refractivity contribution in [3.05, 3.63) is 39.6 Å². The second-order valence-corrected chi connectivity index (χ2v) is 7.26. The van der Waals surface area contributed by atoms with Crippen LogP contribution in [0, 0.1) is 0 Å². The first-order valence-electron chi connectivity index (χ1n) is 7.44. The maximum Gasteiger partial charge on any atom is 0.343 e. The van der Waals surface area contributed by atoms with Gasteiger partial charge in [-0.3, -0.25) is 29.7 Å². The van der Waals surface area contributed by atoms with Crippen LogP contribution >= 0.6 is 22.7 Å². The highest BCUT2D eigenvalue weighted by Crippen LogP contribution is 2.33. The van der Waals surface area contributed by atoms with Gasteiger partial charge in [-0.25, -0.2) is 14.8 Å². The Balaban J connectivity index is 1.61. The van der Waals surface area contributed by atoms with Gasteiger partial charge in [0.1, 0.15) is 17.9 Å². The van der Waals surface area contributed by atoms with Crippen molar-refractivity contribution in [1.29, 1.82) is 0 Å². The first-order valence-corrected chi connectivity index (χ1v) is 9.20. The zero-order valence-electron chi connectivity index (χ0n) is 13.1. The van der Waals surface area contributed by atoms with Crippen molar-refractivity contribution in [2.45, 2.75) is 6.54 Å². The molecule has 1 saturated heterocycles. The Morgan fingerprint density at radius 3 is 2.85 bits per heavy atom. The molecule has 11 heteroatoms. The standard InChI is InChI=1S/C15H11N5O4S2/c21-10-5-20(15(24)17-10)18-11(22)4-19-7-16-13-12(14(19)23)8(6-26-13)9-2-1-3-25-9/h1-3,6-7H,4-5H2,(H,18,22)(H,17,21,24). The third-order valence-corrected chi connectivity index (χ3v) is 5.50. The minimum Gasteiger partial charge on any atom is -0.289 e. The number of carbonyl (C=O) groups excluding carboxylic acids is 3. The van der Waals surface area contributed by atoms with Crippen molar-refractivity contribution < 1.29 is 14.4 Å². The van der Waals surface area contributed by atoms with Crippen molar-refractivity contribution in [3.63, 3.8) is 0 Å². The number of amides is 4. The number of rotatable bonds is 4. The summed E-state index contributed by atoms with van der Waals surface area (Å²) in [5, 5.41) is 7.16. The average molecular weight is 389 g/mol. The summed E-state index contributed by atoms with van der Waals surface area (Å²) in [5.74, 6) is -1.11. The number of nitrogens with one attached hydrogen (secondary N) is 2. The largest absolute Gasteiger partial charge is 0.343 e. The number of fused-ring (bicyclic) bond motifs is 1. The topological polar surface area (TPSA) is 113 Å². The lowest BCUT2D eigenvalue weighted by molar-refractivity contribution is -0.125. The Labute approximate surface area is 153 Å². The molecule has 0 aliphatic carbocycles. The number of imide groups is 1. The van der Waals surface area contributed by atoms with Crippen LogP contribution in [0.3, 0.4) is 0 Å². The average Bonchev–Trinajstić information content (AvgIpc) is 3.30. The summed E-state index contributed by atoms with van der Waals surface area (Å²) in [6.45, 7) is -0.580. The van der Waals surface area contributed by atoms with E-state index < -0.39 is 17.8 Å². The zero-order valence-corrected chi connectivity index (χ0v) is 14.7. The zero-order chi connectivity index (χ0) is 18.3. The van der Waals surface area contributed by atoms with E-state index in [0.29, 0.717) is 10.2 Å². The molecule has 0 spiro atoms. The summed E-state index contributed by atoms with van der Waals surface area (Å²) < 4.78 is 1.18. The maximum atomic E-state index is 12.8. The molecule has 4 rings (SSSR count). The van der Waals surface area contributed by atoms with Gasteiger partial charge in [-0.1, -0.05) is 6.07 Å². The fourth-order valence-electron chi connectivity index (χ4n) is 2.57.